The highest BCUT2D eigenvalue weighted by molar-refractivity contribution is 6.16. The molecule has 0 amide bonds. The summed E-state index contributed by atoms with van der Waals surface area (Å²) in [6, 6.07) is 18.7. The summed E-state index contributed by atoms with van der Waals surface area (Å²) in [4.78, 5) is 9.27. The van der Waals surface area contributed by atoms with Crippen LogP contribution in [0.5, 0.6) is 0 Å². The second kappa shape index (κ2) is 5.15. The number of rotatable bonds is 1. The fraction of sp³-hybridized carbons (Fsp3) is 0.0909. The zero-order valence-electron chi connectivity index (χ0n) is 14.1. The Kier molecular flexibility index (Phi) is 2.92. The lowest BCUT2D eigenvalue weighted by atomic mass is 10.0. The minimum absolute atomic E-state index is 0.843. The highest BCUT2D eigenvalue weighted by Gasteiger charge is 2.15. The first kappa shape index (κ1) is 14.2. The van der Waals surface area contributed by atoms with Crippen LogP contribution in [0.3, 0.4) is 0 Å². The maximum absolute atomic E-state index is 6.33. The van der Waals surface area contributed by atoms with Crippen molar-refractivity contribution in [2.75, 3.05) is 0 Å². The molecule has 0 fully saturated rings. The number of para-hydroxylation sites is 1. The summed E-state index contributed by atoms with van der Waals surface area (Å²) in [5, 5.41) is 3.28. The van der Waals surface area contributed by atoms with Crippen molar-refractivity contribution in [1.29, 1.82) is 0 Å². The molecule has 3 aromatic heterocycles. The lowest BCUT2D eigenvalue weighted by Gasteiger charge is -2.02. The van der Waals surface area contributed by atoms with Gasteiger partial charge in [0.05, 0.1) is 5.69 Å². The monoisotopic (exact) mass is 324 g/mol. The van der Waals surface area contributed by atoms with E-state index in [1.54, 1.807) is 0 Å². The third-order valence-electron chi connectivity index (χ3n) is 4.65. The van der Waals surface area contributed by atoms with Crippen LogP contribution in [0, 0.1) is 13.8 Å². The van der Waals surface area contributed by atoms with Gasteiger partial charge in [0.15, 0.2) is 5.58 Å². The van der Waals surface area contributed by atoms with Gasteiger partial charge in [-0.15, -0.1) is 0 Å². The average molecular weight is 324 g/mol. The third kappa shape index (κ3) is 2.13. The highest BCUT2D eigenvalue weighted by atomic mass is 16.3. The molecule has 0 unspecified atom stereocenters. The largest absolute Gasteiger partial charge is 0.453 e. The summed E-state index contributed by atoms with van der Waals surface area (Å²) in [6.45, 7) is 4.04. The van der Waals surface area contributed by atoms with E-state index in [0.717, 1.165) is 55.4 Å². The molecule has 2 aromatic carbocycles. The number of hydrogen-bond donors (Lipinski definition) is 0. The van der Waals surface area contributed by atoms with Gasteiger partial charge >= 0.3 is 0 Å². The highest BCUT2D eigenvalue weighted by Crippen LogP contribution is 2.37. The number of benzene rings is 2. The summed E-state index contributed by atoms with van der Waals surface area (Å²) in [5.41, 5.74) is 6.68. The molecule has 3 heterocycles. The molecule has 25 heavy (non-hydrogen) atoms. The van der Waals surface area contributed by atoms with Crippen LogP contribution in [0.25, 0.3) is 44.1 Å². The predicted octanol–water partition coefficient (Wildman–Crippen LogP) is 5.81. The van der Waals surface area contributed by atoms with E-state index in [1.165, 1.54) is 0 Å². The Morgan fingerprint density at radius 2 is 1.64 bits per heavy atom. The van der Waals surface area contributed by atoms with Gasteiger partial charge in [-0.3, -0.25) is 4.98 Å². The first-order valence-corrected chi connectivity index (χ1v) is 8.35. The molecule has 0 radical (unpaired) electrons. The molecule has 0 saturated carbocycles. The Hall–Kier alpha value is -3.20. The van der Waals surface area contributed by atoms with Gasteiger partial charge in [-0.1, -0.05) is 30.3 Å². The number of aryl methyl sites for hydroxylation is 2. The first-order chi connectivity index (χ1) is 12.2. The van der Waals surface area contributed by atoms with Crippen LogP contribution in [0.2, 0.25) is 0 Å². The number of pyridine rings is 2. The van der Waals surface area contributed by atoms with Gasteiger partial charge in [0, 0.05) is 33.6 Å². The van der Waals surface area contributed by atoms with Crippen molar-refractivity contribution in [2.24, 2.45) is 0 Å². The molecule has 120 valence electrons. The van der Waals surface area contributed by atoms with Gasteiger partial charge in [0.25, 0.3) is 0 Å². The van der Waals surface area contributed by atoms with E-state index >= 15 is 0 Å². The number of nitrogens with zero attached hydrogens (tertiary/aromatic N) is 2. The first-order valence-electron chi connectivity index (χ1n) is 8.35. The molecule has 0 aliphatic heterocycles. The van der Waals surface area contributed by atoms with Gasteiger partial charge in [0.2, 0.25) is 0 Å². The number of fused-ring (bicyclic) bond motifs is 5. The van der Waals surface area contributed by atoms with Crippen molar-refractivity contribution < 1.29 is 4.42 Å². The van der Waals surface area contributed by atoms with Gasteiger partial charge in [0.1, 0.15) is 11.1 Å². The van der Waals surface area contributed by atoms with Crippen LogP contribution in [-0.2, 0) is 0 Å². The molecule has 5 rings (SSSR count). The third-order valence-corrected chi connectivity index (χ3v) is 4.65. The molecule has 5 aromatic rings. The Morgan fingerprint density at radius 3 is 2.48 bits per heavy atom. The maximum atomic E-state index is 6.33. The Balaban J connectivity index is 1.90. The molecule has 0 spiro atoms. The molecule has 3 heteroatoms. The van der Waals surface area contributed by atoms with E-state index in [9.17, 15) is 0 Å². The van der Waals surface area contributed by atoms with Crippen LogP contribution >= 0.6 is 0 Å². The van der Waals surface area contributed by atoms with Gasteiger partial charge < -0.3 is 4.42 Å². The van der Waals surface area contributed by atoms with E-state index in [0.29, 0.717) is 0 Å². The smallest absolute Gasteiger partial charge is 0.161 e. The van der Waals surface area contributed by atoms with Gasteiger partial charge in [-0.25, -0.2) is 4.98 Å². The van der Waals surface area contributed by atoms with Crippen LogP contribution in [0.1, 0.15) is 11.3 Å². The average Bonchev–Trinajstić information content (AvgIpc) is 3.02. The molecule has 0 aliphatic rings. The summed E-state index contributed by atoms with van der Waals surface area (Å²) in [7, 11) is 0. The molecule has 0 aliphatic carbocycles. The zero-order valence-corrected chi connectivity index (χ0v) is 14.1. The van der Waals surface area contributed by atoms with Gasteiger partial charge in [-0.05, 0) is 43.7 Å². The fourth-order valence-electron chi connectivity index (χ4n) is 3.37. The van der Waals surface area contributed by atoms with Crippen LogP contribution < -0.4 is 0 Å². The second-order valence-electron chi connectivity index (χ2n) is 6.47. The summed E-state index contributed by atoms with van der Waals surface area (Å²) >= 11 is 0. The standard InChI is InChI=1S/C22H16N2O/c1-13-6-11-19(23-12-13)18-5-3-4-16-17-10-9-15-8-7-14(2)24-20(15)22(17)25-21(16)18/h3-12H,1-2H3. The fourth-order valence-corrected chi connectivity index (χ4v) is 3.37. The lowest BCUT2D eigenvalue weighted by molar-refractivity contribution is 0.672. The van der Waals surface area contributed by atoms with Gasteiger partial charge in [-0.2, -0.15) is 0 Å². The minimum Gasteiger partial charge on any atom is -0.453 e. The molecule has 3 nitrogen and oxygen atoms in total. The zero-order chi connectivity index (χ0) is 17.0. The van der Waals surface area contributed by atoms with Crippen molar-refractivity contribution in [3.05, 3.63) is 72.1 Å². The SMILES string of the molecule is Cc1ccc(-c2cccc3c2oc2c3ccc3ccc(C)nc32)nc1. The number of hydrogen-bond acceptors (Lipinski definition) is 3. The number of aromatic nitrogens is 2. The molecule has 0 bridgehead atoms. The number of furan rings is 1. The van der Waals surface area contributed by atoms with Crippen LogP contribution in [0.15, 0.2) is 65.2 Å². The van der Waals surface area contributed by atoms with Crippen molar-refractivity contribution in [3.8, 4) is 11.3 Å². The van der Waals surface area contributed by atoms with E-state index in [-0.39, 0.29) is 0 Å². The maximum Gasteiger partial charge on any atom is 0.161 e. The predicted molar refractivity (Wildman–Crippen MR) is 102 cm³/mol. The van der Waals surface area contributed by atoms with E-state index < -0.39 is 0 Å². The molecule has 0 saturated heterocycles. The Bertz CT molecular complexity index is 1250. The van der Waals surface area contributed by atoms with Crippen molar-refractivity contribution in [1.82, 2.24) is 9.97 Å². The van der Waals surface area contributed by atoms with Crippen molar-refractivity contribution >= 4 is 32.8 Å². The Labute approximate surface area is 144 Å². The van der Waals surface area contributed by atoms with E-state index in [2.05, 4.69) is 47.4 Å². The van der Waals surface area contributed by atoms with Crippen molar-refractivity contribution in [2.45, 2.75) is 13.8 Å². The summed E-state index contributed by atoms with van der Waals surface area (Å²) in [6.07, 6.45) is 1.89. The van der Waals surface area contributed by atoms with Crippen molar-refractivity contribution in [3.63, 3.8) is 0 Å². The second-order valence-corrected chi connectivity index (χ2v) is 6.47. The Morgan fingerprint density at radius 1 is 0.800 bits per heavy atom. The minimum atomic E-state index is 0.843. The summed E-state index contributed by atoms with van der Waals surface area (Å²) in [5.74, 6) is 0. The lowest BCUT2D eigenvalue weighted by Crippen LogP contribution is -1.84. The summed E-state index contributed by atoms with van der Waals surface area (Å²) < 4.78 is 6.33. The van der Waals surface area contributed by atoms with E-state index in [1.807, 2.05) is 32.2 Å². The van der Waals surface area contributed by atoms with E-state index in [4.69, 9.17) is 9.40 Å². The molecule has 0 N–H and O–H groups in total. The van der Waals surface area contributed by atoms with Crippen LogP contribution in [0.4, 0.5) is 0 Å². The molecular formula is C22H16N2O. The quantitative estimate of drug-likeness (QED) is 0.390. The van der Waals surface area contributed by atoms with Crippen LogP contribution in [-0.4, -0.2) is 9.97 Å². The normalized spacial score (nSPS) is 11.6. The molecule has 0 atom stereocenters. The topological polar surface area (TPSA) is 38.9 Å². The molecular weight excluding hydrogens is 308 g/mol.